The fraction of sp³-hybridized carbons (Fsp3) is 0.929. The Morgan fingerprint density at radius 3 is 2.55 bits per heavy atom. The first kappa shape index (κ1) is 18.0. The van der Waals surface area contributed by atoms with Crippen molar-refractivity contribution >= 4 is 29.9 Å². The first-order valence-electron chi connectivity index (χ1n) is 7.59. The summed E-state index contributed by atoms with van der Waals surface area (Å²) in [6.07, 6.45) is 6.48. The number of likely N-dealkylation sites (tertiary alicyclic amines) is 1. The summed E-state index contributed by atoms with van der Waals surface area (Å²) in [7, 11) is 1.76. The molecule has 118 valence electrons. The van der Waals surface area contributed by atoms with E-state index >= 15 is 0 Å². The first-order valence-corrected chi connectivity index (χ1v) is 7.59. The smallest absolute Gasteiger partial charge is 0.191 e. The number of piperidine rings is 1. The third-order valence-corrected chi connectivity index (χ3v) is 3.99. The molecule has 1 saturated carbocycles. The van der Waals surface area contributed by atoms with E-state index in [9.17, 15) is 0 Å². The van der Waals surface area contributed by atoms with Crippen molar-refractivity contribution in [3.8, 4) is 0 Å². The van der Waals surface area contributed by atoms with Gasteiger partial charge >= 0.3 is 0 Å². The Labute approximate surface area is 139 Å². The summed E-state index contributed by atoms with van der Waals surface area (Å²) in [4.78, 5) is 9.25. The van der Waals surface area contributed by atoms with Gasteiger partial charge in [0, 0.05) is 39.3 Å². The monoisotopic (exact) mass is 396 g/mol. The van der Waals surface area contributed by atoms with E-state index in [0.717, 1.165) is 51.3 Å². The average Bonchev–Trinajstić information content (AvgIpc) is 3.28. The van der Waals surface area contributed by atoms with Gasteiger partial charge in [-0.1, -0.05) is 0 Å². The number of methoxy groups -OCH3 is 1. The van der Waals surface area contributed by atoms with Crippen LogP contribution < -0.4 is 5.73 Å². The molecule has 0 spiro atoms. The molecular weight excluding hydrogens is 367 g/mol. The summed E-state index contributed by atoms with van der Waals surface area (Å²) in [6.45, 7) is 5.78. The van der Waals surface area contributed by atoms with Crippen molar-refractivity contribution in [2.75, 3.05) is 46.4 Å². The summed E-state index contributed by atoms with van der Waals surface area (Å²) < 4.78 is 5.16. The topological polar surface area (TPSA) is 54.1 Å². The van der Waals surface area contributed by atoms with Crippen molar-refractivity contribution in [1.82, 2.24) is 9.80 Å². The lowest BCUT2D eigenvalue weighted by Crippen LogP contribution is -2.41. The molecule has 2 fully saturated rings. The Morgan fingerprint density at radius 1 is 1.25 bits per heavy atom. The number of nitrogens with two attached hydrogens (primary N) is 1. The first-order chi connectivity index (χ1) is 9.31. The number of hydrogen-bond donors (Lipinski definition) is 1. The van der Waals surface area contributed by atoms with Gasteiger partial charge in [0.25, 0.3) is 0 Å². The molecule has 2 N–H and O–H groups in total. The fourth-order valence-electron chi connectivity index (χ4n) is 2.64. The van der Waals surface area contributed by atoms with Gasteiger partial charge in [-0.3, -0.25) is 9.89 Å². The maximum Gasteiger partial charge on any atom is 0.191 e. The SMILES string of the molecule is COCCN(CCN=C(N)N1CCCCC1)C1CC1.I. The highest BCUT2D eigenvalue weighted by atomic mass is 127. The van der Waals surface area contributed by atoms with E-state index in [-0.39, 0.29) is 24.0 Å². The Kier molecular flexibility index (Phi) is 8.79. The molecule has 0 unspecified atom stereocenters. The van der Waals surface area contributed by atoms with E-state index in [1.165, 1.54) is 32.1 Å². The maximum atomic E-state index is 6.06. The molecule has 2 aliphatic rings. The summed E-state index contributed by atoms with van der Waals surface area (Å²) >= 11 is 0. The highest BCUT2D eigenvalue weighted by Crippen LogP contribution is 2.26. The zero-order valence-electron chi connectivity index (χ0n) is 12.6. The number of nitrogens with zero attached hydrogens (tertiary/aromatic N) is 3. The minimum Gasteiger partial charge on any atom is -0.383 e. The Morgan fingerprint density at radius 2 is 1.95 bits per heavy atom. The number of aliphatic imine (C=N–C) groups is 1. The van der Waals surface area contributed by atoms with Crippen molar-refractivity contribution in [1.29, 1.82) is 0 Å². The van der Waals surface area contributed by atoms with Crippen LogP contribution in [0.25, 0.3) is 0 Å². The van der Waals surface area contributed by atoms with Gasteiger partial charge in [0.05, 0.1) is 13.2 Å². The van der Waals surface area contributed by atoms with Crippen LogP contribution in [-0.4, -0.2) is 68.2 Å². The quantitative estimate of drug-likeness (QED) is 0.403. The minimum atomic E-state index is 0. The van der Waals surface area contributed by atoms with Crippen molar-refractivity contribution < 1.29 is 4.74 Å². The van der Waals surface area contributed by atoms with Crippen LogP contribution in [0.5, 0.6) is 0 Å². The van der Waals surface area contributed by atoms with Crippen LogP contribution in [0.1, 0.15) is 32.1 Å². The third kappa shape index (κ3) is 6.13. The fourth-order valence-corrected chi connectivity index (χ4v) is 2.64. The standard InChI is InChI=1S/C14H28N4O.HI/c1-19-12-11-17(13-5-6-13)10-7-16-14(15)18-8-3-2-4-9-18;/h13H,2-12H2,1H3,(H2,15,16);1H. The van der Waals surface area contributed by atoms with Crippen molar-refractivity contribution in [3.05, 3.63) is 0 Å². The number of rotatable bonds is 7. The van der Waals surface area contributed by atoms with E-state index in [1.54, 1.807) is 7.11 Å². The molecule has 1 aliphatic heterocycles. The molecular formula is C14H29IN4O. The second-order valence-corrected chi connectivity index (χ2v) is 5.55. The average molecular weight is 396 g/mol. The highest BCUT2D eigenvalue weighted by Gasteiger charge is 2.28. The summed E-state index contributed by atoms with van der Waals surface area (Å²) in [5.74, 6) is 0.738. The van der Waals surface area contributed by atoms with Gasteiger partial charge in [0.15, 0.2) is 5.96 Å². The molecule has 0 aromatic rings. The highest BCUT2D eigenvalue weighted by molar-refractivity contribution is 14.0. The lowest BCUT2D eigenvalue weighted by molar-refractivity contribution is 0.145. The molecule has 1 aliphatic carbocycles. The summed E-state index contributed by atoms with van der Waals surface area (Å²) in [5.41, 5.74) is 6.06. The Hall–Kier alpha value is -0.0800. The lowest BCUT2D eigenvalue weighted by Gasteiger charge is -2.27. The van der Waals surface area contributed by atoms with Crippen LogP contribution >= 0.6 is 24.0 Å². The van der Waals surface area contributed by atoms with Gasteiger partial charge in [-0.25, -0.2) is 0 Å². The van der Waals surface area contributed by atoms with E-state index in [2.05, 4.69) is 14.8 Å². The van der Waals surface area contributed by atoms with E-state index in [1.807, 2.05) is 0 Å². The largest absolute Gasteiger partial charge is 0.383 e. The number of halogens is 1. The summed E-state index contributed by atoms with van der Waals surface area (Å²) in [6, 6.07) is 0.765. The van der Waals surface area contributed by atoms with Gasteiger partial charge in [0.1, 0.15) is 0 Å². The van der Waals surface area contributed by atoms with Gasteiger partial charge in [0.2, 0.25) is 0 Å². The lowest BCUT2D eigenvalue weighted by atomic mass is 10.1. The molecule has 0 bridgehead atoms. The molecule has 20 heavy (non-hydrogen) atoms. The normalized spacial score (nSPS) is 20.1. The van der Waals surface area contributed by atoms with Crippen molar-refractivity contribution in [2.24, 2.45) is 10.7 Å². The molecule has 2 rings (SSSR count). The zero-order chi connectivity index (χ0) is 13.5. The number of hydrogen-bond acceptors (Lipinski definition) is 3. The molecule has 0 aromatic heterocycles. The van der Waals surface area contributed by atoms with Gasteiger partial charge < -0.3 is 15.4 Å². The summed E-state index contributed by atoms with van der Waals surface area (Å²) in [5, 5.41) is 0. The molecule has 1 heterocycles. The van der Waals surface area contributed by atoms with E-state index < -0.39 is 0 Å². The predicted molar refractivity (Wildman–Crippen MR) is 93.8 cm³/mol. The van der Waals surface area contributed by atoms with Crippen LogP contribution in [0.2, 0.25) is 0 Å². The molecule has 0 radical (unpaired) electrons. The second-order valence-electron chi connectivity index (χ2n) is 5.55. The van der Waals surface area contributed by atoms with Crippen LogP contribution in [0.15, 0.2) is 4.99 Å². The maximum absolute atomic E-state index is 6.06. The Bertz CT molecular complexity index is 291. The molecule has 1 saturated heterocycles. The van der Waals surface area contributed by atoms with Crippen LogP contribution in [0.4, 0.5) is 0 Å². The van der Waals surface area contributed by atoms with Gasteiger partial charge in [-0.05, 0) is 32.1 Å². The zero-order valence-corrected chi connectivity index (χ0v) is 14.9. The molecule has 6 heteroatoms. The number of ether oxygens (including phenoxy) is 1. The van der Waals surface area contributed by atoms with Crippen LogP contribution in [0.3, 0.4) is 0 Å². The van der Waals surface area contributed by atoms with E-state index in [4.69, 9.17) is 10.5 Å². The molecule has 0 amide bonds. The van der Waals surface area contributed by atoms with Gasteiger partial charge in [-0.15, -0.1) is 24.0 Å². The van der Waals surface area contributed by atoms with Gasteiger partial charge in [-0.2, -0.15) is 0 Å². The molecule has 0 atom stereocenters. The van der Waals surface area contributed by atoms with E-state index in [0.29, 0.717) is 0 Å². The molecule has 5 nitrogen and oxygen atoms in total. The second kappa shape index (κ2) is 9.78. The van der Waals surface area contributed by atoms with Crippen LogP contribution in [-0.2, 0) is 4.74 Å². The third-order valence-electron chi connectivity index (χ3n) is 3.99. The number of guanidine groups is 1. The van der Waals surface area contributed by atoms with Crippen LogP contribution in [0, 0.1) is 0 Å². The minimum absolute atomic E-state index is 0. The van der Waals surface area contributed by atoms with Crippen molar-refractivity contribution in [2.45, 2.75) is 38.1 Å². The predicted octanol–water partition coefficient (Wildman–Crippen LogP) is 1.52. The molecule has 0 aromatic carbocycles. The Balaban J connectivity index is 0.00000200. The van der Waals surface area contributed by atoms with Crippen molar-refractivity contribution in [3.63, 3.8) is 0 Å².